The fourth-order valence-electron chi connectivity index (χ4n) is 0.371. The average molecular weight is 125 g/mol. The summed E-state index contributed by atoms with van der Waals surface area (Å²) < 4.78 is 4.41. The lowest BCUT2D eigenvalue weighted by Gasteiger charge is -1.66. The lowest BCUT2D eigenvalue weighted by atomic mass is 10.7. The maximum Gasteiger partial charge on any atom is 0.358 e. The summed E-state index contributed by atoms with van der Waals surface area (Å²) in [6, 6.07) is -0.0532. The molecule has 0 aliphatic rings. The highest BCUT2D eigenvalue weighted by Gasteiger charge is 1.96. The number of aliphatic imine (C=N–C) groups is 1. The van der Waals surface area contributed by atoms with Gasteiger partial charge in [-0.2, -0.15) is 4.98 Å². The minimum atomic E-state index is -0.0532. The molecule has 0 spiro atoms. The molecule has 1 heterocycles. The van der Waals surface area contributed by atoms with Crippen molar-refractivity contribution in [3.05, 3.63) is 5.82 Å². The third-order valence-corrected chi connectivity index (χ3v) is 0.658. The Hall–Kier alpha value is -1.48. The molecule has 0 bridgehead atoms. The monoisotopic (exact) mass is 125 g/mol. The van der Waals surface area contributed by atoms with Gasteiger partial charge in [-0.25, -0.2) is 4.79 Å². The predicted octanol–water partition coefficient (Wildman–Crippen LogP) is 0.345. The second-order valence-electron chi connectivity index (χ2n) is 1.33. The van der Waals surface area contributed by atoms with E-state index in [0.29, 0.717) is 5.82 Å². The number of hydrogen-bond acceptors (Lipinski definition) is 5. The van der Waals surface area contributed by atoms with E-state index in [9.17, 15) is 4.79 Å². The molecule has 5 heteroatoms. The van der Waals surface area contributed by atoms with E-state index < -0.39 is 0 Å². The molecular formula is C4H3N3O2. The number of isocyanates is 1. The second-order valence-corrected chi connectivity index (χ2v) is 1.33. The summed E-state index contributed by atoms with van der Waals surface area (Å²) in [5, 5.41) is 3.38. The highest BCUT2D eigenvalue weighted by atomic mass is 16.5. The third-order valence-electron chi connectivity index (χ3n) is 0.658. The highest BCUT2D eigenvalue weighted by Crippen LogP contribution is 2.03. The topological polar surface area (TPSA) is 68.3 Å². The zero-order chi connectivity index (χ0) is 6.69. The van der Waals surface area contributed by atoms with Crippen molar-refractivity contribution < 1.29 is 9.32 Å². The second kappa shape index (κ2) is 2.19. The quantitative estimate of drug-likeness (QED) is 0.401. The van der Waals surface area contributed by atoms with Gasteiger partial charge in [-0.3, -0.25) is 0 Å². The van der Waals surface area contributed by atoms with Crippen LogP contribution in [0, 0.1) is 6.92 Å². The first-order valence-corrected chi connectivity index (χ1v) is 2.21. The Bertz CT molecular complexity index is 248. The van der Waals surface area contributed by atoms with Gasteiger partial charge in [0.15, 0.2) is 5.82 Å². The molecule has 0 radical (unpaired) electrons. The van der Waals surface area contributed by atoms with Gasteiger partial charge in [0.05, 0.1) is 0 Å². The Morgan fingerprint density at radius 1 is 1.78 bits per heavy atom. The van der Waals surface area contributed by atoms with Crippen LogP contribution in [-0.4, -0.2) is 16.2 Å². The molecule has 0 amide bonds. The Kier molecular flexibility index (Phi) is 1.38. The first-order valence-electron chi connectivity index (χ1n) is 2.21. The molecule has 0 unspecified atom stereocenters. The summed E-state index contributed by atoms with van der Waals surface area (Å²) in [5.74, 6) is 0.448. The average Bonchev–Trinajstić information content (AvgIpc) is 2.17. The Balaban J connectivity index is 2.97. The number of aryl methyl sites for hydroxylation is 1. The van der Waals surface area contributed by atoms with Gasteiger partial charge in [0.1, 0.15) is 0 Å². The van der Waals surface area contributed by atoms with Crippen molar-refractivity contribution in [1.82, 2.24) is 10.1 Å². The van der Waals surface area contributed by atoms with E-state index in [-0.39, 0.29) is 6.01 Å². The smallest absolute Gasteiger partial charge is 0.312 e. The van der Waals surface area contributed by atoms with Crippen molar-refractivity contribution in [3.63, 3.8) is 0 Å². The van der Waals surface area contributed by atoms with E-state index in [1.54, 1.807) is 6.92 Å². The van der Waals surface area contributed by atoms with Crippen LogP contribution in [0.2, 0.25) is 0 Å². The lowest BCUT2D eigenvalue weighted by Crippen LogP contribution is -1.68. The normalized spacial score (nSPS) is 8.56. The minimum absolute atomic E-state index is 0.0532. The molecule has 0 atom stereocenters. The molecular weight excluding hydrogens is 122 g/mol. The van der Waals surface area contributed by atoms with Gasteiger partial charge in [-0.15, -0.1) is 4.99 Å². The molecule has 0 N–H and O–H groups in total. The molecule has 1 aromatic heterocycles. The van der Waals surface area contributed by atoms with Gasteiger partial charge < -0.3 is 4.52 Å². The molecule has 1 rings (SSSR count). The molecule has 5 nitrogen and oxygen atoms in total. The van der Waals surface area contributed by atoms with Crippen LogP contribution >= 0.6 is 0 Å². The number of hydrogen-bond donors (Lipinski definition) is 0. The van der Waals surface area contributed by atoms with E-state index in [1.807, 2.05) is 0 Å². The van der Waals surface area contributed by atoms with Gasteiger partial charge in [0, 0.05) is 0 Å². The summed E-state index contributed by atoms with van der Waals surface area (Å²) in [6.45, 7) is 1.63. The van der Waals surface area contributed by atoms with E-state index in [2.05, 4.69) is 19.7 Å². The van der Waals surface area contributed by atoms with Gasteiger partial charge in [0.2, 0.25) is 6.08 Å². The third kappa shape index (κ3) is 1.20. The van der Waals surface area contributed by atoms with Crippen LogP contribution in [0.15, 0.2) is 9.52 Å². The Morgan fingerprint density at radius 3 is 3.00 bits per heavy atom. The fourth-order valence-corrected chi connectivity index (χ4v) is 0.371. The van der Waals surface area contributed by atoms with Crippen LogP contribution in [0.5, 0.6) is 0 Å². The van der Waals surface area contributed by atoms with Crippen LogP contribution in [0.4, 0.5) is 6.01 Å². The summed E-state index contributed by atoms with van der Waals surface area (Å²) in [7, 11) is 0. The van der Waals surface area contributed by atoms with E-state index in [1.165, 1.54) is 6.08 Å². The number of carbonyl (C=O) groups excluding carboxylic acids is 1. The first kappa shape index (κ1) is 5.65. The summed E-state index contributed by atoms with van der Waals surface area (Å²) >= 11 is 0. The fraction of sp³-hybridized carbons (Fsp3) is 0.250. The van der Waals surface area contributed by atoms with Crippen LogP contribution in [0.25, 0.3) is 0 Å². The van der Waals surface area contributed by atoms with Crippen molar-refractivity contribution in [2.75, 3.05) is 0 Å². The van der Waals surface area contributed by atoms with E-state index in [0.717, 1.165) is 0 Å². The zero-order valence-electron chi connectivity index (χ0n) is 4.66. The highest BCUT2D eigenvalue weighted by molar-refractivity contribution is 5.39. The SMILES string of the molecule is Cc1noc(N=C=O)n1. The molecule has 0 aliphatic heterocycles. The Morgan fingerprint density at radius 2 is 2.56 bits per heavy atom. The standard InChI is InChI=1S/C4H3N3O2/c1-3-6-4(5-2-8)9-7-3/h1H3. The van der Waals surface area contributed by atoms with Crippen molar-refractivity contribution in [3.8, 4) is 0 Å². The number of nitrogens with zero attached hydrogens (tertiary/aromatic N) is 3. The van der Waals surface area contributed by atoms with Crippen LogP contribution < -0.4 is 0 Å². The largest absolute Gasteiger partial charge is 0.358 e. The maximum absolute atomic E-state index is 9.56. The van der Waals surface area contributed by atoms with Crippen LogP contribution in [-0.2, 0) is 4.79 Å². The van der Waals surface area contributed by atoms with Crippen molar-refractivity contribution in [2.24, 2.45) is 4.99 Å². The predicted molar refractivity (Wildman–Crippen MR) is 26.8 cm³/mol. The van der Waals surface area contributed by atoms with Crippen LogP contribution in [0.3, 0.4) is 0 Å². The first-order chi connectivity index (χ1) is 4.33. The van der Waals surface area contributed by atoms with E-state index in [4.69, 9.17) is 0 Å². The minimum Gasteiger partial charge on any atom is -0.312 e. The van der Waals surface area contributed by atoms with Crippen molar-refractivity contribution >= 4 is 12.1 Å². The van der Waals surface area contributed by atoms with E-state index >= 15 is 0 Å². The molecule has 0 aliphatic carbocycles. The zero-order valence-corrected chi connectivity index (χ0v) is 4.66. The van der Waals surface area contributed by atoms with Crippen molar-refractivity contribution in [1.29, 1.82) is 0 Å². The van der Waals surface area contributed by atoms with Gasteiger partial charge in [-0.1, -0.05) is 5.16 Å². The Labute approximate surface area is 50.4 Å². The molecule has 0 fully saturated rings. The van der Waals surface area contributed by atoms with Gasteiger partial charge >= 0.3 is 6.01 Å². The summed E-state index contributed by atoms with van der Waals surface area (Å²) in [5.41, 5.74) is 0. The molecule has 0 aromatic carbocycles. The van der Waals surface area contributed by atoms with Crippen molar-refractivity contribution in [2.45, 2.75) is 6.92 Å². The van der Waals surface area contributed by atoms with Crippen LogP contribution in [0.1, 0.15) is 5.82 Å². The molecule has 9 heavy (non-hydrogen) atoms. The molecule has 1 aromatic rings. The number of rotatable bonds is 1. The van der Waals surface area contributed by atoms with Gasteiger partial charge in [-0.05, 0) is 6.92 Å². The maximum atomic E-state index is 9.56. The molecule has 0 saturated heterocycles. The lowest BCUT2D eigenvalue weighted by molar-refractivity contribution is 0.423. The number of aromatic nitrogens is 2. The molecule has 0 saturated carbocycles. The molecule has 46 valence electrons. The van der Waals surface area contributed by atoms with Gasteiger partial charge in [0.25, 0.3) is 0 Å². The summed E-state index contributed by atoms with van der Waals surface area (Å²) in [6.07, 6.45) is 1.28. The summed E-state index contributed by atoms with van der Waals surface area (Å²) in [4.78, 5) is 16.2.